The standard InChI is InChI=1S/C64H39N3S2/c1-3-18-45(19-4-1)64(46-20-5-2-6-21-46)54-28-10-7-24-50(54)59-51(26-15-29-55(59)64)62-65-61(66-63(67-62)52-27-14-25-49-47-22-8-12-31-57(47)69-60(49)52)44-17-13-16-42(38-44)40-32-34-41(35-33-40)43-36-37-58-53(39-43)48-23-9-11-30-56(48)68-58/h1-39H. The largest absolute Gasteiger partial charge is 0.208 e. The third kappa shape index (κ3) is 6.28. The maximum atomic E-state index is 5.50. The van der Waals surface area contributed by atoms with Crippen molar-refractivity contribution in [1.29, 1.82) is 0 Å². The monoisotopic (exact) mass is 913 g/mol. The fourth-order valence-corrected chi connectivity index (χ4v) is 13.2. The molecule has 3 heterocycles. The van der Waals surface area contributed by atoms with Crippen LogP contribution in [-0.2, 0) is 5.41 Å². The second-order valence-electron chi connectivity index (χ2n) is 17.8. The van der Waals surface area contributed by atoms with Crippen LogP contribution in [0.4, 0.5) is 0 Å². The average Bonchev–Trinajstić information content (AvgIpc) is 4.10. The molecule has 1 aliphatic carbocycles. The van der Waals surface area contributed by atoms with Gasteiger partial charge in [-0.15, -0.1) is 22.7 Å². The number of hydrogen-bond donors (Lipinski definition) is 0. The van der Waals surface area contributed by atoms with Crippen molar-refractivity contribution in [3.05, 3.63) is 259 Å². The van der Waals surface area contributed by atoms with E-state index in [1.165, 1.54) is 74.6 Å². The summed E-state index contributed by atoms with van der Waals surface area (Å²) in [4.78, 5) is 16.4. The maximum absolute atomic E-state index is 5.50. The number of fused-ring (bicyclic) bond motifs is 9. The molecule has 69 heavy (non-hydrogen) atoms. The summed E-state index contributed by atoms with van der Waals surface area (Å²) in [5, 5.41) is 5.06. The van der Waals surface area contributed by atoms with E-state index in [-0.39, 0.29) is 0 Å². The Hall–Kier alpha value is -8.35. The third-order valence-corrected chi connectivity index (χ3v) is 16.4. The molecular formula is C64H39N3S2. The third-order valence-electron chi connectivity index (χ3n) is 14.1. The van der Waals surface area contributed by atoms with E-state index < -0.39 is 5.41 Å². The van der Waals surface area contributed by atoms with Gasteiger partial charge in [0.15, 0.2) is 17.5 Å². The van der Waals surface area contributed by atoms with Gasteiger partial charge in [0, 0.05) is 57.0 Å². The van der Waals surface area contributed by atoms with E-state index in [4.69, 9.17) is 15.0 Å². The maximum Gasteiger partial charge on any atom is 0.165 e. The topological polar surface area (TPSA) is 38.7 Å². The summed E-state index contributed by atoms with van der Waals surface area (Å²) in [6, 6.07) is 85.7. The van der Waals surface area contributed by atoms with Gasteiger partial charge in [0.2, 0.25) is 0 Å². The van der Waals surface area contributed by atoms with Gasteiger partial charge in [0.05, 0.1) is 5.41 Å². The van der Waals surface area contributed by atoms with Crippen LogP contribution in [0, 0.1) is 0 Å². The van der Waals surface area contributed by atoms with Crippen LogP contribution in [-0.4, -0.2) is 15.0 Å². The summed E-state index contributed by atoms with van der Waals surface area (Å²) in [5.41, 5.74) is 14.2. The Morgan fingerprint density at radius 1 is 0.290 bits per heavy atom. The molecule has 0 aliphatic heterocycles. The van der Waals surface area contributed by atoms with Gasteiger partial charge in [-0.3, -0.25) is 0 Å². The number of nitrogens with zero attached hydrogens (tertiary/aromatic N) is 3. The van der Waals surface area contributed by atoms with Crippen LogP contribution in [0.2, 0.25) is 0 Å². The van der Waals surface area contributed by atoms with E-state index in [1.54, 1.807) is 11.3 Å². The van der Waals surface area contributed by atoms with Crippen LogP contribution in [0.15, 0.2) is 237 Å². The van der Waals surface area contributed by atoms with Crippen molar-refractivity contribution in [2.75, 3.05) is 0 Å². The first-order valence-corrected chi connectivity index (χ1v) is 25.0. The molecule has 322 valence electrons. The Kier molecular flexibility index (Phi) is 9.16. The van der Waals surface area contributed by atoms with Crippen LogP contribution in [0.5, 0.6) is 0 Å². The lowest BCUT2D eigenvalue weighted by molar-refractivity contribution is 0.768. The second-order valence-corrected chi connectivity index (χ2v) is 19.9. The van der Waals surface area contributed by atoms with Crippen molar-refractivity contribution in [1.82, 2.24) is 15.0 Å². The van der Waals surface area contributed by atoms with Gasteiger partial charge in [-0.25, -0.2) is 15.0 Å². The number of benzene rings is 10. The number of thiophene rings is 2. The smallest absolute Gasteiger partial charge is 0.165 e. The molecule has 0 unspecified atom stereocenters. The van der Waals surface area contributed by atoms with E-state index >= 15 is 0 Å². The van der Waals surface area contributed by atoms with Gasteiger partial charge < -0.3 is 0 Å². The summed E-state index contributed by atoms with van der Waals surface area (Å²) >= 11 is 3.64. The summed E-state index contributed by atoms with van der Waals surface area (Å²) in [6.45, 7) is 0. The fraction of sp³-hybridized carbons (Fsp3) is 0.0156. The van der Waals surface area contributed by atoms with E-state index in [0.29, 0.717) is 17.5 Å². The summed E-state index contributed by atoms with van der Waals surface area (Å²) in [6.07, 6.45) is 0. The molecule has 0 saturated heterocycles. The van der Waals surface area contributed by atoms with Gasteiger partial charge in [-0.1, -0.05) is 200 Å². The van der Waals surface area contributed by atoms with Crippen LogP contribution in [0.3, 0.4) is 0 Å². The van der Waals surface area contributed by atoms with Crippen LogP contribution in [0.1, 0.15) is 22.3 Å². The number of hydrogen-bond acceptors (Lipinski definition) is 5. The quantitative estimate of drug-likeness (QED) is 0.160. The van der Waals surface area contributed by atoms with Crippen molar-refractivity contribution in [3.63, 3.8) is 0 Å². The van der Waals surface area contributed by atoms with Gasteiger partial charge in [0.1, 0.15) is 0 Å². The van der Waals surface area contributed by atoms with Crippen molar-refractivity contribution in [3.8, 4) is 67.5 Å². The molecule has 0 saturated carbocycles. The summed E-state index contributed by atoms with van der Waals surface area (Å²) in [5.74, 6) is 1.92. The van der Waals surface area contributed by atoms with E-state index in [2.05, 4.69) is 237 Å². The highest BCUT2D eigenvalue weighted by atomic mass is 32.1. The van der Waals surface area contributed by atoms with Gasteiger partial charge in [-0.2, -0.15) is 0 Å². The highest BCUT2D eigenvalue weighted by Gasteiger charge is 2.47. The Labute approximate surface area is 407 Å². The van der Waals surface area contributed by atoms with E-state index in [9.17, 15) is 0 Å². The normalized spacial score (nSPS) is 12.8. The lowest BCUT2D eigenvalue weighted by atomic mass is 9.67. The highest BCUT2D eigenvalue weighted by Crippen LogP contribution is 2.58. The minimum absolute atomic E-state index is 0.555. The Bertz CT molecular complexity index is 4090. The van der Waals surface area contributed by atoms with Gasteiger partial charge >= 0.3 is 0 Å². The number of rotatable bonds is 7. The second kappa shape index (κ2) is 15.9. The van der Waals surface area contributed by atoms with Crippen molar-refractivity contribution in [2.24, 2.45) is 0 Å². The van der Waals surface area contributed by atoms with Crippen LogP contribution >= 0.6 is 22.7 Å². The lowest BCUT2D eigenvalue weighted by Gasteiger charge is -2.33. The molecule has 14 rings (SSSR count). The molecule has 3 aromatic heterocycles. The first kappa shape index (κ1) is 39.8. The molecule has 1 aliphatic rings. The molecule has 0 fully saturated rings. The Morgan fingerprint density at radius 2 is 0.783 bits per heavy atom. The van der Waals surface area contributed by atoms with Crippen molar-refractivity contribution < 1.29 is 0 Å². The van der Waals surface area contributed by atoms with Gasteiger partial charge in [-0.05, 0) is 92.0 Å². The highest BCUT2D eigenvalue weighted by molar-refractivity contribution is 7.26. The molecule has 0 radical (unpaired) electrons. The minimum Gasteiger partial charge on any atom is -0.208 e. The first-order chi connectivity index (χ1) is 34.2. The van der Waals surface area contributed by atoms with Crippen LogP contribution in [0.25, 0.3) is 108 Å². The first-order valence-electron chi connectivity index (χ1n) is 23.3. The molecular weight excluding hydrogens is 875 g/mol. The Morgan fingerprint density at radius 3 is 1.54 bits per heavy atom. The SMILES string of the molecule is c1ccc(C2(c3ccccc3)c3ccccc3-c3c(-c4nc(-c5cccc(-c6ccc(-c7ccc8sc9ccccc9c8c7)cc6)c5)nc(-c5cccc6c5sc5ccccc56)n4)cccc32)cc1. The Balaban J connectivity index is 0.943. The summed E-state index contributed by atoms with van der Waals surface area (Å²) < 4.78 is 5.04. The fourth-order valence-electron chi connectivity index (χ4n) is 10.9. The number of aromatic nitrogens is 3. The zero-order valence-corrected chi connectivity index (χ0v) is 38.8. The summed E-state index contributed by atoms with van der Waals surface area (Å²) in [7, 11) is 0. The van der Waals surface area contributed by atoms with Crippen LogP contribution < -0.4 is 0 Å². The predicted octanol–water partition coefficient (Wildman–Crippen LogP) is 17.3. The molecule has 0 bridgehead atoms. The van der Waals surface area contributed by atoms with E-state index in [1.807, 2.05) is 11.3 Å². The molecule has 13 aromatic rings. The molecule has 10 aromatic carbocycles. The zero-order chi connectivity index (χ0) is 45.5. The molecule has 3 nitrogen and oxygen atoms in total. The molecule has 0 N–H and O–H groups in total. The van der Waals surface area contributed by atoms with Crippen molar-refractivity contribution in [2.45, 2.75) is 5.41 Å². The molecule has 0 amide bonds. The van der Waals surface area contributed by atoms with E-state index in [0.717, 1.165) is 38.1 Å². The average molecular weight is 914 g/mol. The lowest BCUT2D eigenvalue weighted by Crippen LogP contribution is -2.28. The van der Waals surface area contributed by atoms with Gasteiger partial charge in [0.25, 0.3) is 0 Å². The molecule has 5 heteroatoms. The molecule has 0 atom stereocenters. The molecule has 0 spiro atoms. The zero-order valence-electron chi connectivity index (χ0n) is 37.2. The van der Waals surface area contributed by atoms with Crippen molar-refractivity contribution >= 4 is 63.0 Å². The minimum atomic E-state index is -0.555. The predicted molar refractivity (Wildman–Crippen MR) is 290 cm³/mol.